The van der Waals surface area contributed by atoms with Crippen molar-refractivity contribution < 1.29 is 22.6 Å². The van der Waals surface area contributed by atoms with E-state index < -0.39 is 10.0 Å². The number of nitrogens with two attached hydrogens (primary N) is 1. The summed E-state index contributed by atoms with van der Waals surface area (Å²) in [4.78, 5) is 22.6. The summed E-state index contributed by atoms with van der Waals surface area (Å²) in [6.45, 7) is 2.31. The molecular formula is C25H23N7O5S. The maximum atomic E-state index is 12.2. The highest BCUT2D eigenvalue weighted by atomic mass is 32.2. The zero-order chi connectivity index (χ0) is 26.9. The number of methoxy groups -OCH3 is 2. The summed E-state index contributed by atoms with van der Waals surface area (Å²) in [6, 6.07) is 13.5. The quantitative estimate of drug-likeness (QED) is 0.314. The van der Waals surface area contributed by atoms with E-state index in [1.54, 1.807) is 41.0 Å². The number of para-hydroxylation sites is 1. The van der Waals surface area contributed by atoms with Crippen LogP contribution >= 0.6 is 0 Å². The average molecular weight is 534 g/mol. The van der Waals surface area contributed by atoms with Gasteiger partial charge in [0, 0.05) is 12.3 Å². The van der Waals surface area contributed by atoms with Gasteiger partial charge in [0.2, 0.25) is 15.9 Å². The predicted octanol–water partition coefficient (Wildman–Crippen LogP) is 3.00. The van der Waals surface area contributed by atoms with Crippen LogP contribution in [0.4, 0.5) is 0 Å². The number of imidazole rings is 1. The number of aromatic nitrogens is 6. The lowest BCUT2D eigenvalue weighted by Gasteiger charge is -2.16. The Hall–Kier alpha value is -4.62. The molecule has 0 aliphatic rings. The minimum Gasteiger partial charge on any atom is -0.494 e. The number of primary sulfonamides is 1. The predicted molar refractivity (Wildman–Crippen MR) is 139 cm³/mol. The van der Waals surface area contributed by atoms with Gasteiger partial charge in [-0.2, -0.15) is 0 Å². The molecule has 0 radical (unpaired) electrons. The summed E-state index contributed by atoms with van der Waals surface area (Å²) in [5.41, 5.74) is 1.77. The summed E-state index contributed by atoms with van der Waals surface area (Å²) in [7, 11) is -1.01. The van der Waals surface area contributed by atoms with Gasteiger partial charge in [0.15, 0.2) is 17.1 Å². The maximum Gasteiger partial charge on any atom is 0.240 e. The van der Waals surface area contributed by atoms with Crippen LogP contribution in [0.2, 0.25) is 0 Å². The van der Waals surface area contributed by atoms with Crippen molar-refractivity contribution in [3.05, 3.63) is 60.9 Å². The maximum absolute atomic E-state index is 12.2. The third-order valence-corrected chi connectivity index (χ3v) is 6.50. The van der Waals surface area contributed by atoms with Gasteiger partial charge in [-0.3, -0.25) is 9.55 Å². The van der Waals surface area contributed by atoms with Crippen LogP contribution in [-0.2, 0) is 10.0 Å². The number of pyridine rings is 2. The lowest BCUT2D eigenvalue weighted by molar-refractivity contribution is 0.327. The molecule has 0 atom stereocenters. The fourth-order valence-electron chi connectivity index (χ4n) is 3.98. The van der Waals surface area contributed by atoms with E-state index in [2.05, 4.69) is 15.0 Å². The number of hydrogen-bond acceptors (Lipinski definition) is 10. The second kappa shape index (κ2) is 10.0. The molecule has 0 aliphatic heterocycles. The molecule has 1 aromatic carbocycles. The number of benzene rings is 1. The molecular weight excluding hydrogens is 510 g/mol. The summed E-state index contributed by atoms with van der Waals surface area (Å²) in [5.74, 6) is 1.75. The van der Waals surface area contributed by atoms with Crippen LogP contribution in [0.15, 0.2) is 65.8 Å². The number of ether oxygens (including phenoxy) is 3. The minimum atomic E-state index is -4.08. The average Bonchev–Trinajstić information content (AvgIpc) is 3.31. The fourth-order valence-corrected chi connectivity index (χ4v) is 4.68. The van der Waals surface area contributed by atoms with Gasteiger partial charge < -0.3 is 14.2 Å². The highest BCUT2D eigenvalue weighted by Gasteiger charge is 2.25. The van der Waals surface area contributed by atoms with E-state index in [-0.39, 0.29) is 27.6 Å². The van der Waals surface area contributed by atoms with E-state index in [1.807, 2.05) is 6.92 Å². The van der Waals surface area contributed by atoms with Gasteiger partial charge in [-0.25, -0.2) is 33.5 Å². The number of nitrogens with zero attached hydrogens (tertiary/aromatic N) is 6. The molecule has 4 aromatic heterocycles. The third-order valence-electron chi connectivity index (χ3n) is 5.56. The van der Waals surface area contributed by atoms with E-state index in [4.69, 9.17) is 29.3 Å². The van der Waals surface area contributed by atoms with Crippen molar-refractivity contribution in [3.63, 3.8) is 0 Å². The molecule has 38 heavy (non-hydrogen) atoms. The Bertz CT molecular complexity index is 1730. The fraction of sp³-hybridized carbons (Fsp3) is 0.160. The van der Waals surface area contributed by atoms with Crippen molar-refractivity contribution in [3.8, 4) is 46.0 Å². The molecule has 194 valence electrons. The Kier molecular flexibility index (Phi) is 6.61. The van der Waals surface area contributed by atoms with Gasteiger partial charge in [-0.15, -0.1) is 0 Å². The topological polar surface area (TPSA) is 157 Å². The summed E-state index contributed by atoms with van der Waals surface area (Å²) in [6.07, 6.45) is 2.84. The molecule has 0 bridgehead atoms. The highest BCUT2D eigenvalue weighted by Crippen LogP contribution is 2.38. The second-order valence-corrected chi connectivity index (χ2v) is 9.40. The minimum absolute atomic E-state index is 0.0576. The molecule has 0 saturated carbocycles. The van der Waals surface area contributed by atoms with Gasteiger partial charge in [-0.1, -0.05) is 12.1 Å². The normalized spacial score (nSPS) is 11.5. The summed E-state index contributed by atoms with van der Waals surface area (Å²) >= 11 is 0. The monoisotopic (exact) mass is 533 g/mol. The zero-order valence-electron chi connectivity index (χ0n) is 20.7. The Morgan fingerprint density at radius 3 is 2.32 bits per heavy atom. The smallest absolute Gasteiger partial charge is 0.240 e. The Morgan fingerprint density at radius 2 is 1.63 bits per heavy atom. The summed E-state index contributed by atoms with van der Waals surface area (Å²) < 4.78 is 43.1. The molecule has 13 heteroatoms. The number of fused-ring (bicyclic) bond motifs is 1. The largest absolute Gasteiger partial charge is 0.494 e. The summed E-state index contributed by atoms with van der Waals surface area (Å²) in [5, 5.41) is 5.44. The van der Waals surface area contributed by atoms with E-state index in [0.717, 1.165) is 0 Å². The van der Waals surface area contributed by atoms with Crippen LogP contribution in [0.25, 0.3) is 39.9 Å². The standard InChI is InChI=1S/C25H23N7O5S/c1-4-37-20-12-5-8-15(29-20)24-31-23-25(32(24)22-17(35-2)9-6-10-18(22)36-3)30-16(14-28-23)21-19(38(26,33)34)11-7-13-27-21/h5-14H,4H2,1-3H3,(H2,26,33,34). The first kappa shape index (κ1) is 25.0. The van der Waals surface area contributed by atoms with Gasteiger partial charge in [-0.05, 0) is 37.3 Å². The molecule has 0 amide bonds. The van der Waals surface area contributed by atoms with E-state index >= 15 is 0 Å². The van der Waals surface area contributed by atoms with Crippen LogP contribution < -0.4 is 19.3 Å². The van der Waals surface area contributed by atoms with E-state index in [1.165, 1.54) is 38.7 Å². The van der Waals surface area contributed by atoms with Gasteiger partial charge in [0.1, 0.15) is 39.2 Å². The Morgan fingerprint density at radius 1 is 0.895 bits per heavy atom. The molecule has 12 nitrogen and oxygen atoms in total. The Balaban J connectivity index is 1.86. The molecule has 5 aromatic rings. The van der Waals surface area contributed by atoms with Crippen molar-refractivity contribution in [1.29, 1.82) is 0 Å². The SMILES string of the molecule is CCOc1cccc(-c2nc3ncc(-c4ncccc4S(N)(=O)=O)nc3n2-c2c(OC)cccc2OC)n1. The molecule has 4 heterocycles. The Labute approximate surface area is 218 Å². The van der Waals surface area contributed by atoms with Crippen molar-refractivity contribution in [2.24, 2.45) is 5.14 Å². The second-order valence-electron chi connectivity index (χ2n) is 7.87. The first-order chi connectivity index (χ1) is 18.4. The van der Waals surface area contributed by atoms with Crippen LogP contribution in [0.3, 0.4) is 0 Å². The number of sulfonamides is 1. The van der Waals surface area contributed by atoms with E-state index in [0.29, 0.717) is 41.2 Å². The van der Waals surface area contributed by atoms with Crippen molar-refractivity contribution in [2.75, 3.05) is 20.8 Å². The van der Waals surface area contributed by atoms with Crippen LogP contribution in [0.5, 0.6) is 17.4 Å². The molecule has 5 rings (SSSR count). The van der Waals surface area contributed by atoms with Crippen LogP contribution in [0.1, 0.15) is 6.92 Å². The number of rotatable bonds is 8. The lowest BCUT2D eigenvalue weighted by Crippen LogP contribution is -2.14. The highest BCUT2D eigenvalue weighted by molar-refractivity contribution is 7.89. The van der Waals surface area contributed by atoms with Crippen molar-refractivity contribution in [1.82, 2.24) is 29.5 Å². The molecule has 2 N–H and O–H groups in total. The first-order valence-corrected chi connectivity index (χ1v) is 13.0. The van der Waals surface area contributed by atoms with E-state index in [9.17, 15) is 8.42 Å². The van der Waals surface area contributed by atoms with Gasteiger partial charge in [0.25, 0.3) is 0 Å². The molecule has 0 fully saturated rings. The number of hydrogen-bond donors (Lipinski definition) is 1. The van der Waals surface area contributed by atoms with Gasteiger partial charge >= 0.3 is 0 Å². The van der Waals surface area contributed by atoms with Crippen LogP contribution in [-0.4, -0.2) is 58.7 Å². The lowest BCUT2D eigenvalue weighted by atomic mass is 10.2. The molecule has 0 aliphatic carbocycles. The van der Waals surface area contributed by atoms with Crippen molar-refractivity contribution >= 4 is 21.3 Å². The zero-order valence-corrected chi connectivity index (χ0v) is 21.5. The molecule has 0 spiro atoms. The first-order valence-electron chi connectivity index (χ1n) is 11.4. The molecule has 0 saturated heterocycles. The molecule has 0 unspecified atom stereocenters. The van der Waals surface area contributed by atoms with Gasteiger partial charge in [0.05, 0.1) is 27.0 Å². The van der Waals surface area contributed by atoms with Crippen LogP contribution in [0, 0.1) is 0 Å². The van der Waals surface area contributed by atoms with Crippen molar-refractivity contribution in [2.45, 2.75) is 11.8 Å². The third kappa shape index (κ3) is 4.48.